The Labute approximate surface area is 169 Å². The third-order valence-electron chi connectivity index (χ3n) is 5.08. The summed E-state index contributed by atoms with van der Waals surface area (Å²) < 4.78 is 13.0. The normalized spacial score (nSPS) is 16.3. The van der Waals surface area contributed by atoms with Crippen LogP contribution in [0, 0.1) is 6.92 Å². The Hall–Kier alpha value is -3.16. The summed E-state index contributed by atoms with van der Waals surface area (Å²) in [5.74, 6) is 2.06. The van der Waals surface area contributed by atoms with Crippen LogP contribution < -0.4 is 4.74 Å². The van der Waals surface area contributed by atoms with E-state index in [9.17, 15) is 4.79 Å². The summed E-state index contributed by atoms with van der Waals surface area (Å²) in [6.45, 7) is 6.48. The molecule has 0 N–H and O–H groups in total. The van der Waals surface area contributed by atoms with Gasteiger partial charge < -0.3 is 14.2 Å². The third-order valence-corrected chi connectivity index (χ3v) is 5.08. The van der Waals surface area contributed by atoms with E-state index in [1.165, 1.54) is 0 Å². The van der Waals surface area contributed by atoms with Gasteiger partial charge >= 0.3 is 0 Å². The molecule has 1 saturated heterocycles. The fourth-order valence-corrected chi connectivity index (χ4v) is 3.46. The number of nitrogens with zero attached hydrogens (tertiary/aromatic N) is 5. The van der Waals surface area contributed by atoms with Crippen molar-refractivity contribution in [3.05, 3.63) is 59.5 Å². The van der Waals surface area contributed by atoms with E-state index in [0.717, 1.165) is 24.3 Å². The summed E-state index contributed by atoms with van der Waals surface area (Å²) in [7, 11) is 0. The highest BCUT2D eigenvalue weighted by Gasteiger charge is 2.32. The zero-order valence-electron chi connectivity index (χ0n) is 16.7. The number of carbonyl (C=O) groups excluding carboxylic acids is 1. The maximum absolute atomic E-state index is 12.6. The molecule has 8 heteroatoms. The minimum atomic E-state index is -0.0500. The lowest BCUT2D eigenvalue weighted by Gasteiger charge is -2.13. The molecule has 0 bridgehead atoms. The maximum Gasteiger partial charge on any atom is 0.274 e. The lowest BCUT2D eigenvalue weighted by atomic mass is 10.1. The van der Waals surface area contributed by atoms with Crippen LogP contribution >= 0.6 is 0 Å². The van der Waals surface area contributed by atoms with Crippen molar-refractivity contribution in [1.29, 1.82) is 0 Å². The Morgan fingerprint density at radius 3 is 3.03 bits per heavy atom. The van der Waals surface area contributed by atoms with Gasteiger partial charge in [0, 0.05) is 32.3 Å². The second-order valence-corrected chi connectivity index (χ2v) is 7.26. The van der Waals surface area contributed by atoms with Crippen molar-refractivity contribution in [2.75, 3.05) is 19.7 Å². The van der Waals surface area contributed by atoms with Crippen LogP contribution in [0.1, 0.15) is 47.0 Å². The van der Waals surface area contributed by atoms with Crippen molar-refractivity contribution < 1.29 is 14.1 Å². The zero-order chi connectivity index (χ0) is 20.2. The third kappa shape index (κ3) is 4.47. The molecule has 1 aliphatic rings. The Kier molecular flexibility index (Phi) is 5.59. The van der Waals surface area contributed by atoms with Crippen LogP contribution in [0.2, 0.25) is 0 Å². The Bertz CT molecular complexity index is 980. The molecule has 3 aromatic rings. The maximum atomic E-state index is 12.6. The predicted molar refractivity (Wildman–Crippen MR) is 106 cm³/mol. The van der Waals surface area contributed by atoms with E-state index >= 15 is 0 Å². The van der Waals surface area contributed by atoms with Gasteiger partial charge in [0.15, 0.2) is 5.82 Å². The van der Waals surface area contributed by atoms with E-state index in [1.54, 1.807) is 15.6 Å². The number of carbonyl (C=O) groups is 1. The number of likely N-dealkylation sites (tertiary alicyclic amines) is 1. The van der Waals surface area contributed by atoms with Gasteiger partial charge in [0.25, 0.3) is 5.91 Å². The van der Waals surface area contributed by atoms with Gasteiger partial charge in [-0.2, -0.15) is 10.1 Å². The number of rotatable bonds is 7. The molecule has 2 aromatic heterocycles. The Morgan fingerprint density at radius 2 is 2.24 bits per heavy atom. The first-order valence-corrected chi connectivity index (χ1v) is 9.97. The fourth-order valence-electron chi connectivity index (χ4n) is 3.46. The predicted octanol–water partition coefficient (Wildman–Crippen LogP) is 2.85. The molecular formula is C21H25N5O3. The summed E-state index contributed by atoms with van der Waals surface area (Å²) in [6, 6.07) is 9.69. The Balaban J connectivity index is 1.30. The van der Waals surface area contributed by atoms with Crippen LogP contribution in [0.5, 0.6) is 5.75 Å². The molecular weight excluding hydrogens is 370 g/mol. The lowest BCUT2D eigenvalue weighted by Crippen LogP contribution is -2.29. The monoisotopic (exact) mass is 395 g/mol. The second-order valence-electron chi connectivity index (χ2n) is 7.26. The van der Waals surface area contributed by atoms with E-state index in [2.05, 4.69) is 15.2 Å². The highest BCUT2D eigenvalue weighted by Crippen LogP contribution is 2.27. The van der Waals surface area contributed by atoms with Crippen molar-refractivity contribution in [2.24, 2.45) is 0 Å². The molecule has 0 radical (unpaired) electrons. The summed E-state index contributed by atoms with van der Waals surface area (Å²) in [6.07, 6.45) is 3.20. The van der Waals surface area contributed by atoms with Gasteiger partial charge in [-0.25, -0.2) is 0 Å². The van der Waals surface area contributed by atoms with Gasteiger partial charge in [0.05, 0.1) is 12.5 Å². The molecule has 3 heterocycles. The first-order valence-electron chi connectivity index (χ1n) is 9.97. The molecule has 29 heavy (non-hydrogen) atoms. The van der Waals surface area contributed by atoms with E-state index in [0.29, 0.717) is 43.5 Å². The SMILES string of the molecule is CCn1ccc(C(=O)N2CCC(c3nc(CCOc4cccc(C)c4)no3)C2)n1. The smallest absolute Gasteiger partial charge is 0.274 e. The lowest BCUT2D eigenvalue weighted by molar-refractivity contribution is 0.0783. The van der Waals surface area contributed by atoms with Crippen LogP contribution in [-0.4, -0.2) is 50.4 Å². The van der Waals surface area contributed by atoms with Gasteiger partial charge in [0.2, 0.25) is 5.89 Å². The second kappa shape index (κ2) is 8.46. The molecule has 0 spiro atoms. The fraction of sp³-hybridized carbons (Fsp3) is 0.429. The minimum Gasteiger partial charge on any atom is -0.493 e. The topological polar surface area (TPSA) is 86.3 Å². The standard InChI is InChI=1S/C21H25N5O3/c1-3-26-11-8-18(23-26)21(27)25-10-7-16(14-25)20-22-19(24-29-20)9-12-28-17-6-4-5-15(2)13-17/h4-6,8,11,13,16H,3,7,9-10,12,14H2,1-2H3. The molecule has 1 fully saturated rings. The van der Waals surface area contributed by atoms with Crippen LogP contribution in [0.3, 0.4) is 0 Å². The zero-order valence-corrected chi connectivity index (χ0v) is 16.7. The van der Waals surface area contributed by atoms with Crippen molar-refractivity contribution in [2.45, 2.75) is 39.2 Å². The highest BCUT2D eigenvalue weighted by atomic mass is 16.5. The Morgan fingerprint density at radius 1 is 1.34 bits per heavy atom. The van der Waals surface area contributed by atoms with Crippen molar-refractivity contribution in [1.82, 2.24) is 24.8 Å². The number of hydrogen-bond donors (Lipinski definition) is 0. The van der Waals surface area contributed by atoms with E-state index in [-0.39, 0.29) is 11.8 Å². The molecule has 0 aliphatic carbocycles. The molecule has 1 atom stereocenters. The number of amides is 1. The van der Waals surface area contributed by atoms with E-state index in [1.807, 2.05) is 44.3 Å². The van der Waals surface area contributed by atoms with Gasteiger partial charge in [-0.15, -0.1) is 0 Å². The van der Waals surface area contributed by atoms with Gasteiger partial charge in [-0.05, 0) is 44.0 Å². The number of hydrogen-bond acceptors (Lipinski definition) is 6. The molecule has 1 aliphatic heterocycles. The van der Waals surface area contributed by atoms with Crippen molar-refractivity contribution >= 4 is 5.91 Å². The summed E-state index contributed by atoms with van der Waals surface area (Å²) in [5, 5.41) is 8.37. The molecule has 1 aromatic carbocycles. The van der Waals surface area contributed by atoms with Crippen molar-refractivity contribution in [3.8, 4) is 5.75 Å². The number of aromatic nitrogens is 4. The first-order chi connectivity index (χ1) is 14.1. The molecule has 0 saturated carbocycles. The van der Waals surface area contributed by atoms with Crippen LogP contribution in [0.25, 0.3) is 0 Å². The van der Waals surface area contributed by atoms with Gasteiger partial charge in [-0.1, -0.05) is 17.3 Å². The number of ether oxygens (including phenoxy) is 1. The summed E-state index contributed by atoms with van der Waals surface area (Å²) >= 11 is 0. The first kappa shape index (κ1) is 19.2. The summed E-state index contributed by atoms with van der Waals surface area (Å²) in [4.78, 5) is 18.9. The average molecular weight is 395 g/mol. The molecule has 4 rings (SSSR count). The van der Waals surface area contributed by atoms with Crippen LogP contribution in [0.15, 0.2) is 41.1 Å². The van der Waals surface area contributed by atoms with Crippen molar-refractivity contribution in [3.63, 3.8) is 0 Å². The van der Waals surface area contributed by atoms with Gasteiger partial charge in [-0.3, -0.25) is 9.48 Å². The largest absolute Gasteiger partial charge is 0.493 e. The average Bonchev–Trinajstić information content (AvgIpc) is 3.47. The van der Waals surface area contributed by atoms with Crippen LogP contribution in [-0.2, 0) is 13.0 Å². The van der Waals surface area contributed by atoms with Crippen LogP contribution in [0.4, 0.5) is 0 Å². The number of aryl methyl sites for hydroxylation is 2. The molecule has 8 nitrogen and oxygen atoms in total. The molecule has 1 amide bonds. The van der Waals surface area contributed by atoms with E-state index < -0.39 is 0 Å². The molecule has 152 valence electrons. The quantitative estimate of drug-likeness (QED) is 0.611. The minimum absolute atomic E-state index is 0.0500. The summed E-state index contributed by atoms with van der Waals surface area (Å²) in [5.41, 5.74) is 1.64. The highest BCUT2D eigenvalue weighted by molar-refractivity contribution is 5.92. The number of benzene rings is 1. The van der Waals surface area contributed by atoms with E-state index in [4.69, 9.17) is 9.26 Å². The van der Waals surface area contributed by atoms with Gasteiger partial charge in [0.1, 0.15) is 11.4 Å². The molecule has 1 unspecified atom stereocenters.